The number of nitrogens with zero attached hydrogens (tertiary/aromatic N) is 1. The summed E-state index contributed by atoms with van der Waals surface area (Å²) in [6, 6.07) is 5.22. The summed E-state index contributed by atoms with van der Waals surface area (Å²) in [6.45, 7) is 2.20. The highest BCUT2D eigenvalue weighted by Gasteiger charge is 2.47. The van der Waals surface area contributed by atoms with Gasteiger partial charge in [0.1, 0.15) is 5.69 Å². The molecule has 1 aliphatic carbocycles. The molecule has 112 valence electrons. The van der Waals surface area contributed by atoms with Crippen LogP contribution in [-0.2, 0) is 12.6 Å². The fraction of sp³-hybridized carbons (Fsp3) is 0.533. The fourth-order valence-corrected chi connectivity index (χ4v) is 3.81. The van der Waals surface area contributed by atoms with Crippen LogP contribution in [0.2, 0.25) is 0 Å². The van der Waals surface area contributed by atoms with Crippen LogP contribution in [0, 0.1) is 11.3 Å². The van der Waals surface area contributed by atoms with Gasteiger partial charge in [0.15, 0.2) is 0 Å². The van der Waals surface area contributed by atoms with Gasteiger partial charge in [0.2, 0.25) is 0 Å². The Balaban J connectivity index is 1.56. The number of hydrogen-bond acceptors (Lipinski definition) is 2. The first kappa shape index (κ1) is 13.1. The van der Waals surface area contributed by atoms with Gasteiger partial charge in [0, 0.05) is 18.5 Å². The Bertz CT molecular complexity index is 677. The van der Waals surface area contributed by atoms with E-state index >= 15 is 0 Å². The number of nitrogens with one attached hydrogen (secondary N) is 2. The van der Waals surface area contributed by atoms with Gasteiger partial charge in [-0.2, -0.15) is 18.3 Å². The fourth-order valence-electron chi connectivity index (χ4n) is 3.81. The van der Waals surface area contributed by atoms with Crippen molar-refractivity contribution in [1.29, 1.82) is 0 Å². The van der Waals surface area contributed by atoms with E-state index in [0.29, 0.717) is 16.8 Å². The molecule has 0 atom stereocenters. The monoisotopic (exact) mass is 295 g/mol. The maximum Gasteiger partial charge on any atom is 0.433 e. The van der Waals surface area contributed by atoms with E-state index in [1.165, 1.54) is 12.8 Å². The van der Waals surface area contributed by atoms with Gasteiger partial charge < -0.3 is 5.32 Å². The predicted molar refractivity (Wildman–Crippen MR) is 72.8 cm³/mol. The third kappa shape index (κ3) is 2.12. The van der Waals surface area contributed by atoms with Crippen LogP contribution in [0.5, 0.6) is 0 Å². The second-order valence-electron chi connectivity index (χ2n) is 6.53. The molecule has 1 aromatic heterocycles. The summed E-state index contributed by atoms with van der Waals surface area (Å²) >= 11 is 0. The Morgan fingerprint density at radius 3 is 2.62 bits per heavy atom. The molecule has 2 aromatic rings. The molecule has 2 fully saturated rings. The number of aromatic amines is 1. The lowest BCUT2D eigenvalue weighted by Crippen LogP contribution is -2.60. The molecule has 1 spiro atoms. The molecular weight excluding hydrogens is 279 g/mol. The molecule has 21 heavy (non-hydrogen) atoms. The van der Waals surface area contributed by atoms with Crippen LogP contribution in [0.1, 0.15) is 24.1 Å². The van der Waals surface area contributed by atoms with Crippen molar-refractivity contribution in [2.75, 3.05) is 13.1 Å². The summed E-state index contributed by atoms with van der Waals surface area (Å²) in [5.41, 5.74) is 1.11. The number of benzene rings is 1. The van der Waals surface area contributed by atoms with Gasteiger partial charge in [-0.1, -0.05) is 6.07 Å². The molecule has 0 unspecified atom stereocenters. The normalized spacial score (nSPS) is 21.5. The van der Waals surface area contributed by atoms with Crippen molar-refractivity contribution in [3.8, 4) is 0 Å². The minimum Gasteiger partial charge on any atom is -0.316 e. The second-order valence-corrected chi connectivity index (χ2v) is 6.53. The van der Waals surface area contributed by atoms with E-state index in [4.69, 9.17) is 0 Å². The number of aromatic nitrogens is 2. The largest absolute Gasteiger partial charge is 0.433 e. The first-order chi connectivity index (χ1) is 9.95. The molecule has 1 aliphatic heterocycles. The number of halogens is 3. The molecular formula is C15H16F3N3. The van der Waals surface area contributed by atoms with Gasteiger partial charge in [0.25, 0.3) is 0 Å². The van der Waals surface area contributed by atoms with E-state index in [1.54, 1.807) is 12.1 Å². The Labute approximate surface area is 119 Å². The summed E-state index contributed by atoms with van der Waals surface area (Å²) in [4.78, 5) is 0. The third-order valence-electron chi connectivity index (χ3n) is 4.87. The topological polar surface area (TPSA) is 40.7 Å². The molecule has 1 saturated heterocycles. The van der Waals surface area contributed by atoms with Crippen LogP contribution >= 0.6 is 0 Å². The molecule has 6 heteroatoms. The average Bonchev–Trinajstić information content (AvgIpc) is 2.73. The van der Waals surface area contributed by atoms with Gasteiger partial charge in [-0.05, 0) is 48.3 Å². The zero-order valence-corrected chi connectivity index (χ0v) is 11.4. The highest BCUT2D eigenvalue weighted by atomic mass is 19.4. The first-order valence-corrected chi connectivity index (χ1v) is 7.20. The lowest BCUT2D eigenvalue weighted by atomic mass is 9.57. The first-order valence-electron chi connectivity index (χ1n) is 7.20. The summed E-state index contributed by atoms with van der Waals surface area (Å²) < 4.78 is 38.7. The van der Waals surface area contributed by atoms with Crippen LogP contribution in [0.3, 0.4) is 0 Å². The minimum atomic E-state index is -4.38. The molecule has 2 heterocycles. The second kappa shape index (κ2) is 4.22. The highest BCUT2D eigenvalue weighted by Crippen LogP contribution is 2.49. The predicted octanol–water partition coefficient (Wildman–Crippen LogP) is 3.12. The Hall–Kier alpha value is -1.56. The van der Waals surface area contributed by atoms with Crippen molar-refractivity contribution in [2.45, 2.75) is 25.4 Å². The van der Waals surface area contributed by atoms with Crippen molar-refractivity contribution in [3.63, 3.8) is 0 Å². The van der Waals surface area contributed by atoms with Crippen molar-refractivity contribution in [1.82, 2.24) is 15.5 Å². The van der Waals surface area contributed by atoms with Crippen molar-refractivity contribution in [2.24, 2.45) is 11.3 Å². The van der Waals surface area contributed by atoms with Crippen LogP contribution < -0.4 is 5.32 Å². The highest BCUT2D eigenvalue weighted by molar-refractivity contribution is 5.82. The SMILES string of the molecule is FC(F)(F)c1[nH]nc2ccc(CC3CC4(CNC4)C3)cc12. The molecule has 3 nitrogen and oxygen atoms in total. The Morgan fingerprint density at radius 2 is 2.00 bits per heavy atom. The van der Waals surface area contributed by atoms with Crippen LogP contribution in [-0.4, -0.2) is 23.3 Å². The number of alkyl halides is 3. The molecule has 1 saturated carbocycles. The molecule has 0 bridgehead atoms. The van der Waals surface area contributed by atoms with Gasteiger partial charge >= 0.3 is 6.18 Å². The van der Waals surface area contributed by atoms with Crippen LogP contribution in [0.25, 0.3) is 10.9 Å². The standard InChI is InChI=1S/C15H16F3N3/c16-15(17,18)13-11-4-9(1-2-12(11)20-21-13)3-10-5-14(6-10)7-19-8-14/h1-2,4,10,19H,3,5-8H2,(H,20,21). The lowest BCUT2D eigenvalue weighted by Gasteiger charge is -2.54. The van der Waals surface area contributed by atoms with Gasteiger partial charge in [-0.25, -0.2) is 0 Å². The van der Waals surface area contributed by atoms with Gasteiger partial charge in [0.05, 0.1) is 5.52 Å². The van der Waals surface area contributed by atoms with E-state index < -0.39 is 11.9 Å². The zero-order valence-electron chi connectivity index (χ0n) is 11.4. The number of fused-ring (bicyclic) bond motifs is 1. The summed E-state index contributed by atoms with van der Waals surface area (Å²) in [5.74, 6) is 0.603. The molecule has 0 amide bonds. The van der Waals surface area contributed by atoms with Crippen LogP contribution in [0.15, 0.2) is 18.2 Å². The quantitative estimate of drug-likeness (QED) is 0.893. The van der Waals surface area contributed by atoms with E-state index in [2.05, 4.69) is 15.5 Å². The van der Waals surface area contributed by atoms with E-state index in [-0.39, 0.29) is 5.39 Å². The van der Waals surface area contributed by atoms with Crippen molar-refractivity contribution < 1.29 is 13.2 Å². The molecule has 2 aliphatic rings. The van der Waals surface area contributed by atoms with Crippen molar-refractivity contribution in [3.05, 3.63) is 29.5 Å². The van der Waals surface area contributed by atoms with Crippen LogP contribution in [0.4, 0.5) is 13.2 Å². The lowest BCUT2D eigenvalue weighted by molar-refractivity contribution is -0.139. The minimum absolute atomic E-state index is 0.180. The number of hydrogen-bond donors (Lipinski definition) is 2. The number of H-pyrrole nitrogens is 1. The maximum absolute atomic E-state index is 12.9. The van der Waals surface area contributed by atoms with E-state index in [0.717, 1.165) is 25.1 Å². The molecule has 4 rings (SSSR count). The van der Waals surface area contributed by atoms with Gasteiger partial charge in [-0.15, -0.1) is 0 Å². The molecule has 2 N–H and O–H groups in total. The molecule has 1 aromatic carbocycles. The maximum atomic E-state index is 12.9. The smallest absolute Gasteiger partial charge is 0.316 e. The number of rotatable bonds is 2. The Kier molecular flexibility index (Phi) is 2.64. The average molecular weight is 295 g/mol. The summed E-state index contributed by atoms with van der Waals surface area (Å²) in [7, 11) is 0. The zero-order chi connectivity index (χ0) is 14.7. The van der Waals surface area contributed by atoms with E-state index in [1.807, 2.05) is 6.07 Å². The molecule has 0 radical (unpaired) electrons. The van der Waals surface area contributed by atoms with Gasteiger partial charge in [-0.3, -0.25) is 5.10 Å². The Morgan fingerprint density at radius 1 is 1.24 bits per heavy atom. The third-order valence-corrected chi connectivity index (χ3v) is 4.87. The van der Waals surface area contributed by atoms with Crippen molar-refractivity contribution >= 4 is 10.9 Å². The summed E-state index contributed by atoms with van der Waals surface area (Å²) in [6.07, 6.45) is -1.14. The van der Waals surface area contributed by atoms with E-state index in [9.17, 15) is 13.2 Å². The summed E-state index contributed by atoms with van der Waals surface area (Å²) in [5, 5.41) is 9.32.